The number of methoxy groups -OCH3 is 2. The molecule has 2 saturated carbocycles. The lowest BCUT2D eigenvalue weighted by molar-refractivity contribution is -0.242. The molecule has 0 heterocycles. The van der Waals surface area contributed by atoms with Crippen LogP contribution in [-0.2, 0) is 19.0 Å². The molecule has 2 rings (SSSR count). The van der Waals surface area contributed by atoms with Crippen molar-refractivity contribution in [1.29, 1.82) is 0 Å². The topological polar surface area (TPSA) is 44.8 Å². The van der Waals surface area contributed by atoms with Crippen molar-refractivity contribution in [3.63, 3.8) is 0 Å². The second-order valence-corrected chi connectivity index (χ2v) is 6.20. The summed E-state index contributed by atoms with van der Waals surface area (Å²) >= 11 is 0. The van der Waals surface area contributed by atoms with Gasteiger partial charge in [0.05, 0.1) is 0 Å². The van der Waals surface area contributed by atoms with Crippen molar-refractivity contribution in [2.75, 3.05) is 14.2 Å². The van der Waals surface area contributed by atoms with E-state index in [1.807, 2.05) is 0 Å². The van der Waals surface area contributed by atoms with E-state index >= 15 is 0 Å². The molecule has 0 N–H and O–H groups in total. The second kappa shape index (κ2) is 6.27. The number of esters is 1. The zero-order valence-corrected chi connectivity index (χ0v) is 12.8. The van der Waals surface area contributed by atoms with E-state index in [1.54, 1.807) is 21.1 Å². The molecule has 4 heteroatoms. The molecule has 0 radical (unpaired) electrons. The fourth-order valence-electron chi connectivity index (χ4n) is 3.63. The number of fused-ring (bicyclic) bond motifs is 1. The minimum Gasteiger partial charge on any atom is -0.459 e. The fraction of sp³-hybridized carbons (Fsp3) is 0.812. The largest absolute Gasteiger partial charge is 0.459 e. The van der Waals surface area contributed by atoms with Crippen LogP contribution < -0.4 is 0 Å². The minimum absolute atomic E-state index is 0.0537. The SMILES string of the molecule is C=C(C)C(=O)OC1CCC2CC(OC)(OC)CCC2C1. The maximum Gasteiger partial charge on any atom is 0.333 e. The molecule has 0 amide bonds. The van der Waals surface area contributed by atoms with E-state index in [1.165, 1.54) is 0 Å². The monoisotopic (exact) mass is 282 g/mol. The zero-order valence-electron chi connectivity index (χ0n) is 12.8. The highest BCUT2D eigenvalue weighted by Crippen LogP contribution is 2.46. The smallest absolute Gasteiger partial charge is 0.333 e. The van der Waals surface area contributed by atoms with Crippen LogP contribution in [0.2, 0.25) is 0 Å². The molecule has 2 aliphatic carbocycles. The first-order valence-electron chi connectivity index (χ1n) is 7.46. The molecular formula is C16H26O4. The van der Waals surface area contributed by atoms with Crippen LogP contribution in [0.4, 0.5) is 0 Å². The maximum atomic E-state index is 11.6. The molecule has 2 aliphatic rings. The second-order valence-electron chi connectivity index (χ2n) is 6.20. The van der Waals surface area contributed by atoms with E-state index in [0.29, 0.717) is 17.4 Å². The molecule has 3 unspecified atom stereocenters. The summed E-state index contributed by atoms with van der Waals surface area (Å²) in [7, 11) is 3.45. The Hall–Kier alpha value is -0.870. The van der Waals surface area contributed by atoms with Crippen molar-refractivity contribution in [2.45, 2.75) is 57.3 Å². The number of hydrogen-bond donors (Lipinski definition) is 0. The summed E-state index contributed by atoms with van der Waals surface area (Å²) in [6.07, 6.45) is 5.98. The van der Waals surface area contributed by atoms with Crippen LogP contribution in [-0.4, -0.2) is 32.1 Å². The molecule has 4 nitrogen and oxygen atoms in total. The van der Waals surface area contributed by atoms with Gasteiger partial charge in [-0.05, 0) is 44.4 Å². The van der Waals surface area contributed by atoms with Gasteiger partial charge in [0.15, 0.2) is 5.79 Å². The number of ether oxygens (including phenoxy) is 3. The quantitative estimate of drug-likeness (QED) is 0.451. The third-order valence-electron chi connectivity index (χ3n) is 4.93. The zero-order chi connectivity index (χ0) is 14.8. The Morgan fingerprint density at radius 1 is 1.15 bits per heavy atom. The van der Waals surface area contributed by atoms with Gasteiger partial charge in [0.1, 0.15) is 6.10 Å². The third kappa shape index (κ3) is 3.23. The molecular weight excluding hydrogens is 256 g/mol. The van der Waals surface area contributed by atoms with Gasteiger partial charge in [0.25, 0.3) is 0 Å². The van der Waals surface area contributed by atoms with Gasteiger partial charge >= 0.3 is 5.97 Å². The molecule has 114 valence electrons. The van der Waals surface area contributed by atoms with Gasteiger partial charge in [-0.3, -0.25) is 0 Å². The van der Waals surface area contributed by atoms with E-state index in [-0.39, 0.29) is 12.1 Å². The first kappa shape index (κ1) is 15.5. The molecule has 3 atom stereocenters. The molecule has 0 saturated heterocycles. The van der Waals surface area contributed by atoms with Gasteiger partial charge in [-0.25, -0.2) is 4.79 Å². The van der Waals surface area contributed by atoms with Gasteiger partial charge in [-0.15, -0.1) is 0 Å². The van der Waals surface area contributed by atoms with Crippen LogP contribution in [0.5, 0.6) is 0 Å². The van der Waals surface area contributed by atoms with Gasteiger partial charge < -0.3 is 14.2 Å². The normalized spacial score (nSPS) is 32.2. The van der Waals surface area contributed by atoms with Crippen molar-refractivity contribution in [3.05, 3.63) is 12.2 Å². The van der Waals surface area contributed by atoms with Gasteiger partial charge in [0.2, 0.25) is 0 Å². The first-order chi connectivity index (χ1) is 9.49. The molecule has 0 spiro atoms. The van der Waals surface area contributed by atoms with Crippen molar-refractivity contribution in [1.82, 2.24) is 0 Å². The van der Waals surface area contributed by atoms with Crippen molar-refractivity contribution in [3.8, 4) is 0 Å². The lowest BCUT2D eigenvalue weighted by Crippen LogP contribution is -2.45. The predicted molar refractivity (Wildman–Crippen MR) is 76.1 cm³/mol. The van der Waals surface area contributed by atoms with Crippen LogP contribution in [0, 0.1) is 11.8 Å². The Balaban J connectivity index is 1.91. The fourth-order valence-corrected chi connectivity index (χ4v) is 3.63. The summed E-state index contributed by atoms with van der Waals surface area (Å²) in [5.74, 6) is 0.573. The Bertz CT molecular complexity index is 373. The Morgan fingerprint density at radius 3 is 2.45 bits per heavy atom. The van der Waals surface area contributed by atoms with Gasteiger partial charge in [-0.2, -0.15) is 0 Å². The summed E-state index contributed by atoms with van der Waals surface area (Å²) in [4.78, 5) is 11.6. The Kier molecular flexibility index (Phi) is 4.86. The lowest BCUT2D eigenvalue weighted by atomic mass is 9.68. The highest BCUT2D eigenvalue weighted by atomic mass is 16.7. The van der Waals surface area contributed by atoms with Crippen molar-refractivity contribution >= 4 is 5.97 Å². The number of rotatable bonds is 4. The molecule has 0 aliphatic heterocycles. The first-order valence-corrected chi connectivity index (χ1v) is 7.46. The van der Waals surface area contributed by atoms with Crippen LogP contribution in [0.25, 0.3) is 0 Å². The average molecular weight is 282 g/mol. The van der Waals surface area contributed by atoms with Crippen LogP contribution in [0.15, 0.2) is 12.2 Å². The highest BCUT2D eigenvalue weighted by Gasteiger charge is 2.44. The van der Waals surface area contributed by atoms with Crippen LogP contribution in [0.1, 0.15) is 45.4 Å². The average Bonchev–Trinajstić information content (AvgIpc) is 2.46. The summed E-state index contributed by atoms with van der Waals surface area (Å²) in [5, 5.41) is 0. The molecule has 0 aromatic heterocycles. The maximum absolute atomic E-state index is 11.6. The van der Waals surface area contributed by atoms with Gasteiger partial charge in [0, 0.05) is 32.6 Å². The van der Waals surface area contributed by atoms with Crippen LogP contribution >= 0.6 is 0 Å². The molecule has 0 bridgehead atoms. The summed E-state index contributed by atoms with van der Waals surface area (Å²) in [6.45, 7) is 5.33. The van der Waals surface area contributed by atoms with E-state index in [4.69, 9.17) is 14.2 Å². The summed E-state index contributed by atoms with van der Waals surface area (Å²) in [5.41, 5.74) is 0.480. The van der Waals surface area contributed by atoms with E-state index in [9.17, 15) is 4.79 Å². The van der Waals surface area contributed by atoms with Crippen molar-refractivity contribution in [2.24, 2.45) is 11.8 Å². The number of hydrogen-bond acceptors (Lipinski definition) is 4. The third-order valence-corrected chi connectivity index (χ3v) is 4.93. The van der Waals surface area contributed by atoms with Crippen LogP contribution in [0.3, 0.4) is 0 Å². The van der Waals surface area contributed by atoms with Crippen molar-refractivity contribution < 1.29 is 19.0 Å². The number of carbonyl (C=O) groups is 1. The minimum atomic E-state index is -0.400. The Morgan fingerprint density at radius 2 is 1.85 bits per heavy atom. The Labute approximate surface area is 121 Å². The predicted octanol–water partition coefficient (Wildman–Crippen LogP) is 3.06. The van der Waals surface area contributed by atoms with E-state index < -0.39 is 5.79 Å². The summed E-state index contributed by atoms with van der Waals surface area (Å²) < 4.78 is 16.7. The van der Waals surface area contributed by atoms with Gasteiger partial charge in [-0.1, -0.05) is 6.58 Å². The molecule has 0 aromatic carbocycles. The highest BCUT2D eigenvalue weighted by molar-refractivity contribution is 5.87. The lowest BCUT2D eigenvalue weighted by Gasteiger charge is -2.46. The molecule has 0 aromatic rings. The van der Waals surface area contributed by atoms with E-state index in [0.717, 1.165) is 38.5 Å². The summed E-state index contributed by atoms with van der Waals surface area (Å²) in [6, 6.07) is 0. The number of carbonyl (C=O) groups excluding carboxylic acids is 1. The molecule has 20 heavy (non-hydrogen) atoms. The molecule has 2 fully saturated rings. The van der Waals surface area contributed by atoms with E-state index in [2.05, 4.69) is 6.58 Å². The standard InChI is InChI=1S/C16H26O4/c1-11(2)15(17)20-14-6-5-13-10-16(18-3,19-4)8-7-12(13)9-14/h12-14H,1,5-10H2,2-4H3.